The Labute approximate surface area is 110 Å². The fourth-order valence-electron chi connectivity index (χ4n) is 1.82. The minimum atomic E-state index is -0.828. The van der Waals surface area contributed by atoms with E-state index in [9.17, 15) is 9.90 Å². The van der Waals surface area contributed by atoms with Crippen LogP contribution in [-0.2, 0) is 9.53 Å². The number of aryl methyl sites for hydroxylation is 2. The number of ether oxygens (including phenoxy) is 2. The summed E-state index contributed by atoms with van der Waals surface area (Å²) in [4.78, 5) is 12.3. The molecule has 0 bridgehead atoms. The van der Waals surface area contributed by atoms with E-state index in [2.05, 4.69) is 0 Å². The molecule has 1 saturated heterocycles. The van der Waals surface area contributed by atoms with Crippen LogP contribution in [-0.4, -0.2) is 36.1 Å². The highest BCUT2D eigenvalue weighted by atomic mass is 32.2. The van der Waals surface area contributed by atoms with Gasteiger partial charge in [0.05, 0.1) is 20.3 Å². The molecule has 0 saturated carbocycles. The zero-order valence-corrected chi connectivity index (χ0v) is 11.5. The lowest BCUT2D eigenvalue weighted by molar-refractivity contribution is -0.151. The Morgan fingerprint density at radius 2 is 2.06 bits per heavy atom. The minimum Gasteiger partial charge on any atom is -0.496 e. The third-order valence-corrected chi connectivity index (χ3v) is 4.52. The number of aliphatic carboxylic acids is 1. The highest BCUT2D eigenvalue weighted by Crippen LogP contribution is 2.41. The zero-order chi connectivity index (χ0) is 13.3. The maximum absolute atomic E-state index is 11.3. The molecule has 0 aliphatic carbocycles. The largest absolute Gasteiger partial charge is 0.496 e. The highest BCUT2D eigenvalue weighted by molar-refractivity contribution is 8.01. The van der Waals surface area contributed by atoms with Crippen LogP contribution in [0.15, 0.2) is 17.0 Å². The summed E-state index contributed by atoms with van der Waals surface area (Å²) in [5, 5.41) is 9.28. The number of methoxy groups -OCH3 is 1. The van der Waals surface area contributed by atoms with Crippen LogP contribution < -0.4 is 4.74 Å². The van der Waals surface area contributed by atoms with Gasteiger partial charge in [-0.2, -0.15) is 0 Å². The van der Waals surface area contributed by atoms with Crippen LogP contribution in [0.4, 0.5) is 0 Å². The quantitative estimate of drug-likeness (QED) is 0.907. The molecule has 2 rings (SSSR count). The number of carboxylic acid groups (broad SMARTS) is 1. The van der Waals surface area contributed by atoms with Crippen LogP contribution in [0.5, 0.6) is 5.75 Å². The average Bonchev–Trinajstić information content (AvgIpc) is 2.26. The van der Waals surface area contributed by atoms with Gasteiger partial charge in [0.2, 0.25) is 0 Å². The molecule has 98 valence electrons. The van der Waals surface area contributed by atoms with E-state index in [1.54, 1.807) is 7.11 Å². The van der Waals surface area contributed by atoms with E-state index in [-0.39, 0.29) is 13.2 Å². The lowest BCUT2D eigenvalue weighted by Gasteiger charge is -2.36. The summed E-state index contributed by atoms with van der Waals surface area (Å²) in [7, 11) is 1.63. The SMILES string of the molecule is COc1cc(C)c(SC2(C(=O)O)COC2)cc1C. The molecule has 5 heteroatoms. The molecule has 1 aliphatic heterocycles. The smallest absolute Gasteiger partial charge is 0.324 e. The van der Waals surface area contributed by atoms with Crippen molar-refractivity contribution in [2.45, 2.75) is 23.5 Å². The van der Waals surface area contributed by atoms with Crippen molar-refractivity contribution in [1.82, 2.24) is 0 Å². The minimum absolute atomic E-state index is 0.261. The van der Waals surface area contributed by atoms with Crippen LogP contribution in [0.25, 0.3) is 0 Å². The molecule has 0 unspecified atom stereocenters. The molecular formula is C13H16O4S. The molecule has 0 spiro atoms. The van der Waals surface area contributed by atoms with Crippen molar-refractivity contribution in [3.63, 3.8) is 0 Å². The first-order valence-electron chi connectivity index (χ1n) is 5.64. The summed E-state index contributed by atoms with van der Waals surface area (Å²) in [6.45, 7) is 4.43. The molecule has 0 atom stereocenters. The molecule has 4 nitrogen and oxygen atoms in total. The fraction of sp³-hybridized carbons (Fsp3) is 0.462. The van der Waals surface area contributed by atoms with Gasteiger partial charge >= 0.3 is 5.97 Å². The van der Waals surface area contributed by atoms with Crippen molar-refractivity contribution in [3.05, 3.63) is 23.3 Å². The summed E-state index contributed by atoms with van der Waals surface area (Å²) in [6.07, 6.45) is 0. The van der Waals surface area contributed by atoms with Crippen LogP contribution in [0.3, 0.4) is 0 Å². The monoisotopic (exact) mass is 268 g/mol. The summed E-state index contributed by atoms with van der Waals surface area (Å²) in [5.41, 5.74) is 2.03. The Morgan fingerprint density at radius 3 is 2.50 bits per heavy atom. The number of thioether (sulfide) groups is 1. The van der Waals surface area contributed by atoms with Crippen LogP contribution in [0, 0.1) is 13.8 Å². The van der Waals surface area contributed by atoms with Gasteiger partial charge in [0.15, 0.2) is 4.75 Å². The predicted molar refractivity (Wildman–Crippen MR) is 69.5 cm³/mol. The Kier molecular flexibility index (Phi) is 3.54. The topological polar surface area (TPSA) is 55.8 Å². The van der Waals surface area contributed by atoms with E-state index in [0.29, 0.717) is 0 Å². The summed E-state index contributed by atoms with van der Waals surface area (Å²) in [6, 6.07) is 3.91. The first-order chi connectivity index (χ1) is 8.48. The van der Waals surface area contributed by atoms with Gasteiger partial charge in [0, 0.05) is 4.90 Å². The molecule has 0 amide bonds. The average molecular weight is 268 g/mol. The molecule has 1 N–H and O–H groups in total. The Balaban J connectivity index is 2.29. The molecule has 18 heavy (non-hydrogen) atoms. The number of hydrogen-bond donors (Lipinski definition) is 1. The molecule has 1 aliphatic rings. The van der Waals surface area contributed by atoms with Gasteiger partial charge in [-0.05, 0) is 37.1 Å². The second kappa shape index (κ2) is 4.82. The first-order valence-corrected chi connectivity index (χ1v) is 6.45. The van der Waals surface area contributed by atoms with Gasteiger partial charge in [-0.3, -0.25) is 4.79 Å². The molecule has 0 aromatic heterocycles. The van der Waals surface area contributed by atoms with E-state index < -0.39 is 10.7 Å². The van der Waals surface area contributed by atoms with Crippen LogP contribution >= 0.6 is 11.8 Å². The molecule has 1 fully saturated rings. The Hall–Kier alpha value is -1.20. The third kappa shape index (κ3) is 2.20. The lowest BCUT2D eigenvalue weighted by atomic mass is 10.1. The van der Waals surface area contributed by atoms with Gasteiger partial charge in [0.1, 0.15) is 5.75 Å². The highest BCUT2D eigenvalue weighted by Gasteiger charge is 2.47. The Morgan fingerprint density at radius 1 is 1.39 bits per heavy atom. The molecule has 0 radical (unpaired) electrons. The number of rotatable bonds is 4. The van der Waals surface area contributed by atoms with Gasteiger partial charge in [-0.15, -0.1) is 11.8 Å². The van der Waals surface area contributed by atoms with Crippen LogP contribution in [0.1, 0.15) is 11.1 Å². The van der Waals surface area contributed by atoms with Crippen LogP contribution in [0.2, 0.25) is 0 Å². The second-order valence-electron chi connectivity index (χ2n) is 4.48. The first kappa shape index (κ1) is 13.2. The van der Waals surface area contributed by atoms with Crippen molar-refractivity contribution < 1.29 is 19.4 Å². The second-order valence-corrected chi connectivity index (χ2v) is 5.91. The Bertz CT molecular complexity index is 480. The van der Waals surface area contributed by atoms with Crippen molar-refractivity contribution in [2.75, 3.05) is 20.3 Å². The van der Waals surface area contributed by atoms with Crippen molar-refractivity contribution >= 4 is 17.7 Å². The fourth-order valence-corrected chi connectivity index (χ4v) is 3.07. The maximum Gasteiger partial charge on any atom is 0.324 e. The van der Waals surface area contributed by atoms with E-state index in [4.69, 9.17) is 9.47 Å². The lowest BCUT2D eigenvalue weighted by Crippen LogP contribution is -2.53. The summed E-state index contributed by atoms with van der Waals surface area (Å²) < 4.78 is 9.48. The summed E-state index contributed by atoms with van der Waals surface area (Å²) in [5.74, 6) is 0.0118. The van der Waals surface area contributed by atoms with Crippen molar-refractivity contribution in [1.29, 1.82) is 0 Å². The van der Waals surface area contributed by atoms with Crippen molar-refractivity contribution in [3.8, 4) is 5.75 Å². The van der Waals surface area contributed by atoms with E-state index in [0.717, 1.165) is 21.8 Å². The van der Waals surface area contributed by atoms with Gasteiger partial charge < -0.3 is 14.6 Å². The number of benzene rings is 1. The molecule has 1 aromatic rings. The predicted octanol–water partition coefficient (Wildman–Crippen LogP) is 2.26. The molecule has 1 aromatic carbocycles. The number of carbonyl (C=O) groups is 1. The standard InChI is InChI=1S/C13H16O4S/c1-8-5-11(9(2)4-10(8)16-3)18-13(12(14)15)6-17-7-13/h4-5H,6-7H2,1-3H3,(H,14,15). The van der Waals surface area contributed by atoms with E-state index in [1.807, 2.05) is 26.0 Å². The number of hydrogen-bond acceptors (Lipinski definition) is 4. The molecular weight excluding hydrogens is 252 g/mol. The zero-order valence-electron chi connectivity index (χ0n) is 10.6. The third-order valence-electron chi connectivity index (χ3n) is 3.06. The van der Waals surface area contributed by atoms with Gasteiger partial charge in [0.25, 0.3) is 0 Å². The van der Waals surface area contributed by atoms with Crippen molar-refractivity contribution in [2.24, 2.45) is 0 Å². The van der Waals surface area contributed by atoms with E-state index >= 15 is 0 Å². The van der Waals surface area contributed by atoms with Gasteiger partial charge in [-0.25, -0.2) is 0 Å². The molecule has 1 heterocycles. The maximum atomic E-state index is 11.3. The summed E-state index contributed by atoms with van der Waals surface area (Å²) >= 11 is 1.37. The van der Waals surface area contributed by atoms with Gasteiger partial charge in [-0.1, -0.05) is 0 Å². The van der Waals surface area contributed by atoms with E-state index in [1.165, 1.54) is 11.8 Å². The normalized spacial score (nSPS) is 17.1. The number of carboxylic acids is 1.